The third-order valence-electron chi connectivity index (χ3n) is 4.23. The lowest BCUT2D eigenvalue weighted by molar-refractivity contribution is -0.134. The van der Waals surface area contributed by atoms with E-state index in [0.717, 1.165) is 12.1 Å². The number of nitrogens with zero attached hydrogens (tertiary/aromatic N) is 2. The molecule has 1 fully saturated rings. The highest BCUT2D eigenvalue weighted by atomic mass is 19.1. The van der Waals surface area contributed by atoms with Crippen LogP contribution in [-0.4, -0.2) is 52.5 Å². The first-order chi connectivity index (χ1) is 10.2. The van der Waals surface area contributed by atoms with Crippen LogP contribution in [0.15, 0.2) is 18.2 Å². The third kappa shape index (κ3) is 3.62. The van der Waals surface area contributed by atoms with Gasteiger partial charge in [-0.2, -0.15) is 0 Å². The molecule has 1 aromatic carbocycles. The molecule has 0 spiro atoms. The van der Waals surface area contributed by atoms with Crippen molar-refractivity contribution in [2.24, 2.45) is 0 Å². The van der Waals surface area contributed by atoms with Crippen molar-refractivity contribution >= 4 is 5.91 Å². The van der Waals surface area contributed by atoms with E-state index < -0.39 is 17.7 Å². The van der Waals surface area contributed by atoms with Crippen LogP contribution in [0.1, 0.15) is 32.4 Å². The van der Waals surface area contributed by atoms with Crippen molar-refractivity contribution in [1.29, 1.82) is 0 Å². The molecule has 1 aliphatic heterocycles. The van der Waals surface area contributed by atoms with Crippen LogP contribution in [0.25, 0.3) is 0 Å². The van der Waals surface area contributed by atoms with Crippen LogP contribution in [0.5, 0.6) is 0 Å². The van der Waals surface area contributed by atoms with E-state index in [-0.39, 0.29) is 23.6 Å². The Labute approximate surface area is 129 Å². The van der Waals surface area contributed by atoms with Gasteiger partial charge in [0.25, 0.3) is 0 Å². The summed E-state index contributed by atoms with van der Waals surface area (Å²) in [5.74, 6) is -1.38. The number of aliphatic hydroxyl groups excluding tert-OH is 1. The fourth-order valence-electron chi connectivity index (χ4n) is 2.88. The van der Waals surface area contributed by atoms with E-state index in [4.69, 9.17) is 0 Å². The first-order valence-corrected chi connectivity index (χ1v) is 7.34. The fraction of sp³-hybridized carbons (Fsp3) is 0.562. The Hall–Kier alpha value is -1.53. The van der Waals surface area contributed by atoms with E-state index in [1.807, 2.05) is 18.7 Å². The second-order valence-corrected chi connectivity index (χ2v) is 6.38. The second kappa shape index (κ2) is 6.30. The standard InChI is InChI=1S/C16H22F2N2O2/c1-11(21)19-6-7-20(16(2,3)10-19)9-15(22)13-5-4-12(17)8-14(13)18/h4-5,8,15,22H,6-7,9-10H2,1-3H3. The molecule has 1 aliphatic rings. The predicted octanol–water partition coefficient (Wildman–Crippen LogP) is 1.94. The molecule has 2 rings (SSSR count). The molecule has 0 aliphatic carbocycles. The molecule has 0 radical (unpaired) electrons. The third-order valence-corrected chi connectivity index (χ3v) is 4.23. The van der Waals surface area contributed by atoms with Gasteiger partial charge in [-0.25, -0.2) is 8.78 Å². The van der Waals surface area contributed by atoms with Gasteiger partial charge in [0, 0.05) is 50.3 Å². The molecule has 1 saturated heterocycles. The fourth-order valence-corrected chi connectivity index (χ4v) is 2.88. The minimum atomic E-state index is -1.04. The summed E-state index contributed by atoms with van der Waals surface area (Å²) in [5.41, 5.74) is -0.229. The van der Waals surface area contributed by atoms with Gasteiger partial charge in [0.2, 0.25) is 5.91 Å². The molecule has 1 heterocycles. The number of piperazine rings is 1. The summed E-state index contributed by atoms with van der Waals surface area (Å²) in [5, 5.41) is 10.3. The Balaban J connectivity index is 2.08. The lowest BCUT2D eigenvalue weighted by Gasteiger charge is -2.47. The average molecular weight is 312 g/mol. The molecule has 22 heavy (non-hydrogen) atoms. The number of hydrogen-bond donors (Lipinski definition) is 1. The molecule has 0 aromatic heterocycles. The highest BCUT2D eigenvalue weighted by molar-refractivity contribution is 5.73. The van der Waals surface area contributed by atoms with Gasteiger partial charge in [0.05, 0.1) is 6.10 Å². The topological polar surface area (TPSA) is 43.8 Å². The van der Waals surface area contributed by atoms with Crippen molar-refractivity contribution in [2.45, 2.75) is 32.4 Å². The smallest absolute Gasteiger partial charge is 0.219 e. The number of rotatable bonds is 3. The summed E-state index contributed by atoms with van der Waals surface area (Å²) in [7, 11) is 0. The monoisotopic (exact) mass is 312 g/mol. The Kier molecular flexibility index (Phi) is 4.82. The van der Waals surface area contributed by atoms with Gasteiger partial charge in [-0.15, -0.1) is 0 Å². The summed E-state index contributed by atoms with van der Waals surface area (Å²) in [6.45, 7) is 7.48. The summed E-state index contributed by atoms with van der Waals surface area (Å²) < 4.78 is 26.7. The van der Waals surface area contributed by atoms with Crippen molar-refractivity contribution in [3.8, 4) is 0 Å². The highest BCUT2D eigenvalue weighted by Gasteiger charge is 2.35. The van der Waals surface area contributed by atoms with Crippen LogP contribution >= 0.6 is 0 Å². The summed E-state index contributed by atoms with van der Waals surface area (Å²) >= 11 is 0. The molecule has 1 unspecified atom stereocenters. The largest absolute Gasteiger partial charge is 0.387 e. The molecule has 4 nitrogen and oxygen atoms in total. The van der Waals surface area contributed by atoms with Crippen molar-refractivity contribution in [1.82, 2.24) is 9.80 Å². The van der Waals surface area contributed by atoms with Gasteiger partial charge in [-0.1, -0.05) is 6.07 Å². The van der Waals surface area contributed by atoms with E-state index in [1.165, 1.54) is 13.0 Å². The van der Waals surface area contributed by atoms with Gasteiger partial charge < -0.3 is 10.0 Å². The molecule has 0 saturated carbocycles. The number of aliphatic hydroxyl groups is 1. The zero-order valence-electron chi connectivity index (χ0n) is 13.1. The lowest BCUT2D eigenvalue weighted by atomic mass is 9.97. The molecule has 122 valence electrons. The Morgan fingerprint density at radius 3 is 2.59 bits per heavy atom. The number of β-amino-alcohol motifs (C(OH)–C–C–N with tert-alkyl or cyclic N) is 1. The van der Waals surface area contributed by atoms with Crippen LogP contribution in [-0.2, 0) is 4.79 Å². The van der Waals surface area contributed by atoms with Crippen molar-refractivity contribution < 1.29 is 18.7 Å². The molecule has 1 amide bonds. The maximum atomic E-state index is 13.7. The van der Waals surface area contributed by atoms with Gasteiger partial charge in [0.15, 0.2) is 0 Å². The van der Waals surface area contributed by atoms with Gasteiger partial charge in [-0.3, -0.25) is 9.69 Å². The van der Waals surface area contributed by atoms with E-state index in [2.05, 4.69) is 0 Å². The normalized spacial score (nSPS) is 20.0. The molecule has 1 N–H and O–H groups in total. The summed E-state index contributed by atoms with van der Waals surface area (Å²) in [4.78, 5) is 15.3. The maximum Gasteiger partial charge on any atom is 0.219 e. The number of carbonyl (C=O) groups excluding carboxylic acids is 1. The molecular weight excluding hydrogens is 290 g/mol. The minimum absolute atomic E-state index is 0.0258. The minimum Gasteiger partial charge on any atom is -0.387 e. The first kappa shape index (κ1) is 16.8. The van der Waals surface area contributed by atoms with Crippen molar-refractivity contribution in [3.63, 3.8) is 0 Å². The van der Waals surface area contributed by atoms with E-state index >= 15 is 0 Å². The highest BCUT2D eigenvalue weighted by Crippen LogP contribution is 2.26. The van der Waals surface area contributed by atoms with E-state index in [1.54, 1.807) is 4.90 Å². The quantitative estimate of drug-likeness (QED) is 0.928. The van der Waals surface area contributed by atoms with Crippen LogP contribution in [0, 0.1) is 11.6 Å². The van der Waals surface area contributed by atoms with Crippen molar-refractivity contribution in [2.75, 3.05) is 26.2 Å². The number of amides is 1. The predicted molar refractivity (Wildman–Crippen MR) is 79.2 cm³/mol. The van der Waals surface area contributed by atoms with Gasteiger partial charge in [0.1, 0.15) is 11.6 Å². The maximum absolute atomic E-state index is 13.7. The number of benzene rings is 1. The van der Waals surface area contributed by atoms with Crippen molar-refractivity contribution in [3.05, 3.63) is 35.4 Å². The Bertz CT molecular complexity index is 563. The zero-order valence-corrected chi connectivity index (χ0v) is 13.1. The van der Waals surface area contributed by atoms with Gasteiger partial charge >= 0.3 is 0 Å². The van der Waals surface area contributed by atoms with E-state index in [0.29, 0.717) is 19.6 Å². The molecular formula is C16H22F2N2O2. The molecule has 1 atom stereocenters. The Morgan fingerprint density at radius 1 is 1.36 bits per heavy atom. The summed E-state index contributed by atoms with van der Waals surface area (Å²) in [6.07, 6.45) is -1.04. The van der Waals surface area contributed by atoms with Crippen LogP contribution < -0.4 is 0 Å². The number of halogens is 2. The summed E-state index contributed by atoms with van der Waals surface area (Å²) in [6, 6.07) is 3.19. The molecule has 1 aromatic rings. The SMILES string of the molecule is CC(=O)N1CCN(CC(O)c2ccc(F)cc2F)C(C)(C)C1. The van der Waals surface area contributed by atoms with Crippen LogP contribution in [0.2, 0.25) is 0 Å². The first-order valence-electron chi connectivity index (χ1n) is 7.34. The number of carbonyl (C=O) groups is 1. The van der Waals surface area contributed by atoms with Gasteiger partial charge in [-0.05, 0) is 19.9 Å². The van der Waals surface area contributed by atoms with Crippen LogP contribution in [0.4, 0.5) is 8.78 Å². The molecule has 6 heteroatoms. The van der Waals surface area contributed by atoms with Crippen LogP contribution in [0.3, 0.4) is 0 Å². The molecule has 0 bridgehead atoms. The second-order valence-electron chi connectivity index (χ2n) is 6.38. The van der Waals surface area contributed by atoms with E-state index in [9.17, 15) is 18.7 Å². The number of hydrogen-bond acceptors (Lipinski definition) is 3. The Morgan fingerprint density at radius 2 is 2.05 bits per heavy atom. The lowest BCUT2D eigenvalue weighted by Crippen LogP contribution is -2.60. The zero-order chi connectivity index (χ0) is 16.5. The average Bonchev–Trinajstić information content (AvgIpc) is 2.40.